The van der Waals surface area contributed by atoms with Gasteiger partial charge in [-0.05, 0) is 37.3 Å². The van der Waals surface area contributed by atoms with E-state index in [1.54, 1.807) is 11.8 Å². The third-order valence-electron chi connectivity index (χ3n) is 2.89. The number of hydrogen-bond donors (Lipinski definition) is 2. The minimum absolute atomic E-state index is 0.324. The molecule has 0 heterocycles. The highest BCUT2D eigenvalue weighted by Gasteiger charge is 2.07. The maximum Gasteiger partial charge on any atom is 0.119 e. The summed E-state index contributed by atoms with van der Waals surface area (Å²) in [5.74, 6) is 1.86. The Hall–Kier alpha value is -0.710. The number of thioether (sulfide) groups is 1. The highest BCUT2D eigenvalue weighted by molar-refractivity contribution is 7.98. The summed E-state index contributed by atoms with van der Waals surface area (Å²) in [6.07, 6.45) is 2.63. The van der Waals surface area contributed by atoms with E-state index in [0.29, 0.717) is 19.2 Å². The van der Waals surface area contributed by atoms with Crippen molar-refractivity contribution in [3.05, 3.63) is 29.8 Å². The Labute approximate surface area is 120 Å². The van der Waals surface area contributed by atoms with Crippen molar-refractivity contribution < 1.29 is 9.84 Å². The zero-order valence-corrected chi connectivity index (χ0v) is 12.9. The van der Waals surface area contributed by atoms with E-state index in [0.717, 1.165) is 17.9 Å². The molecule has 2 atom stereocenters. The number of hydrogen-bond acceptors (Lipinski definition) is 4. The van der Waals surface area contributed by atoms with Gasteiger partial charge in [-0.25, -0.2) is 0 Å². The first-order valence-electron chi connectivity index (χ1n) is 6.77. The number of rotatable bonds is 9. The van der Waals surface area contributed by atoms with Crippen LogP contribution in [0.15, 0.2) is 24.3 Å². The summed E-state index contributed by atoms with van der Waals surface area (Å²) in [5, 5.41) is 13.1. The predicted octanol–water partition coefficient (Wildman–Crippen LogP) is 2.33. The highest BCUT2D eigenvalue weighted by Crippen LogP contribution is 2.12. The summed E-state index contributed by atoms with van der Waals surface area (Å²) in [5.41, 5.74) is 1.29. The zero-order valence-electron chi connectivity index (χ0n) is 12.1. The molecule has 1 aromatic carbocycles. The summed E-state index contributed by atoms with van der Waals surface area (Å²) < 4.78 is 5.56. The van der Waals surface area contributed by atoms with Crippen LogP contribution in [0.1, 0.15) is 19.4 Å². The van der Waals surface area contributed by atoms with Crippen LogP contribution in [0.4, 0.5) is 0 Å². The SMILES string of the molecule is CCc1ccc(OCC(O)CNC(C)CSC)cc1. The van der Waals surface area contributed by atoms with Gasteiger partial charge in [0.1, 0.15) is 18.5 Å². The van der Waals surface area contributed by atoms with Crippen LogP contribution in [0.5, 0.6) is 5.75 Å². The molecule has 0 aliphatic carbocycles. The molecule has 4 heteroatoms. The van der Waals surface area contributed by atoms with E-state index >= 15 is 0 Å². The van der Waals surface area contributed by atoms with E-state index in [2.05, 4.69) is 37.6 Å². The molecule has 0 aliphatic rings. The monoisotopic (exact) mass is 283 g/mol. The summed E-state index contributed by atoms with van der Waals surface area (Å²) in [7, 11) is 0. The number of nitrogens with one attached hydrogen (secondary N) is 1. The fraction of sp³-hybridized carbons (Fsp3) is 0.600. The maximum absolute atomic E-state index is 9.83. The van der Waals surface area contributed by atoms with Crippen LogP contribution in [-0.2, 0) is 6.42 Å². The van der Waals surface area contributed by atoms with Crippen molar-refractivity contribution in [3.63, 3.8) is 0 Å². The standard InChI is InChI=1S/C15H25NO2S/c1-4-13-5-7-15(8-6-13)18-10-14(17)9-16-12(2)11-19-3/h5-8,12,14,16-17H,4,9-11H2,1-3H3. The number of ether oxygens (including phenoxy) is 1. The summed E-state index contributed by atoms with van der Waals surface area (Å²) >= 11 is 1.80. The van der Waals surface area contributed by atoms with Gasteiger partial charge in [-0.2, -0.15) is 11.8 Å². The van der Waals surface area contributed by atoms with Gasteiger partial charge in [0.15, 0.2) is 0 Å². The van der Waals surface area contributed by atoms with E-state index in [-0.39, 0.29) is 0 Å². The average Bonchev–Trinajstić information content (AvgIpc) is 2.44. The topological polar surface area (TPSA) is 41.5 Å². The molecule has 0 saturated heterocycles. The molecule has 1 rings (SSSR count). The Morgan fingerprint density at radius 2 is 2.00 bits per heavy atom. The molecule has 3 nitrogen and oxygen atoms in total. The first-order chi connectivity index (χ1) is 9.15. The molecule has 0 aliphatic heterocycles. The third kappa shape index (κ3) is 6.85. The van der Waals surface area contributed by atoms with E-state index < -0.39 is 6.10 Å². The van der Waals surface area contributed by atoms with Crippen molar-refractivity contribution >= 4 is 11.8 Å². The second-order valence-corrected chi connectivity index (χ2v) is 5.64. The quantitative estimate of drug-likeness (QED) is 0.730. The lowest BCUT2D eigenvalue weighted by Crippen LogP contribution is -2.37. The second kappa shape index (κ2) is 9.23. The van der Waals surface area contributed by atoms with Crippen molar-refractivity contribution in [2.75, 3.05) is 25.2 Å². The van der Waals surface area contributed by atoms with Gasteiger partial charge in [0.05, 0.1) is 0 Å². The molecule has 0 saturated carbocycles. The van der Waals surface area contributed by atoms with E-state index in [4.69, 9.17) is 4.74 Å². The van der Waals surface area contributed by atoms with E-state index in [1.165, 1.54) is 5.56 Å². The smallest absolute Gasteiger partial charge is 0.119 e. The van der Waals surface area contributed by atoms with Gasteiger partial charge >= 0.3 is 0 Å². The predicted molar refractivity (Wildman–Crippen MR) is 83.2 cm³/mol. The lowest BCUT2D eigenvalue weighted by atomic mass is 10.2. The third-order valence-corrected chi connectivity index (χ3v) is 3.73. The van der Waals surface area contributed by atoms with Crippen LogP contribution in [0.2, 0.25) is 0 Å². The van der Waals surface area contributed by atoms with Crippen LogP contribution in [0.25, 0.3) is 0 Å². The summed E-state index contributed by atoms with van der Waals surface area (Å²) in [6, 6.07) is 8.43. The van der Waals surface area contributed by atoms with Gasteiger partial charge in [-0.15, -0.1) is 0 Å². The molecule has 2 N–H and O–H groups in total. The molecule has 0 aromatic heterocycles. The second-order valence-electron chi connectivity index (χ2n) is 4.73. The van der Waals surface area contributed by atoms with Crippen molar-refractivity contribution in [2.45, 2.75) is 32.4 Å². The first kappa shape index (κ1) is 16.3. The largest absolute Gasteiger partial charge is 0.491 e. The van der Waals surface area contributed by atoms with Gasteiger partial charge in [0.25, 0.3) is 0 Å². The maximum atomic E-state index is 9.83. The normalized spacial score (nSPS) is 14.1. The Morgan fingerprint density at radius 1 is 1.32 bits per heavy atom. The molecule has 0 amide bonds. The summed E-state index contributed by atoms with van der Waals surface area (Å²) in [6.45, 7) is 5.13. The van der Waals surface area contributed by atoms with Gasteiger partial charge in [-0.3, -0.25) is 0 Å². The Balaban J connectivity index is 2.23. The highest BCUT2D eigenvalue weighted by atomic mass is 32.2. The molecule has 2 unspecified atom stereocenters. The first-order valence-corrected chi connectivity index (χ1v) is 8.17. The Morgan fingerprint density at radius 3 is 2.58 bits per heavy atom. The van der Waals surface area contributed by atoms with Gasteiger partial charge in [0, 0.05) is 18.3 Å². The Bertz CT molecular complexity index is 343. The van der Waals surface area contributed by atoms with Crippen molar-refractivity contribution in [2.24, 2.45) is 0 Å². The number of benzene rings is 1. The van der Waals surface area contributed by atoms with Crippen LogP contribution < -0.4 is 10.1 Å². The number of aliphatic hydroxyl groups is 1. The molecule has 0 bridgehead atoms. The molecule has 0 fully saturated rings. The molecule has 0 spiro atoms. The van der Waals surface area contributed by atoms with Crippen LogP contribution >= 0.6 is 11.8 Å². The van der Waals surface area contributed by atoms with Crippen LogP contribution in [-0.4, -0.2) is 42.4 Å². The molecular weight excluding hydrogens is 258 g/mol. The molecule has 108 valence electrons. The minimum Gasteiger partial charge on any atom is -0.491 e. The van der Waals surface area contributed by atoms with Crippen molar-refractivity contribution in [1.82, 2.24) is 5.32 Å². The van der Waals surface area contributed by atoms with Crippen LogP contribution in [0.3, 0.4) is 0 Å². The molecule has 1 aromatic rings. The van der Waals surface area contributed by atoms with Crippen molar-refractivity contribution in [3.8, 4) is 5.75 Å². The van der Waals surface area contributed by atoms with E-state index in [1.807, 2.05) is 12.1 Å². The Kier molecular flexibility index (Phi) is 7.94. The van der Waals surface area contributed by atoms with Crippen LogP contribution in [0, 0.1) is 0 Å². The van der Waals surface area contributed by atoms with Gasteiger partial charge < -0.3 is 15.2 Å². The lowest BCUT2D eigenvalue weighted by molar-refractivity contribution is 0.105. The van der Waals surface area contributed by atoms with Crippen molar-refractivity contribution in [1.29, 1.82) is 0 Å². The minimum atomic E-state index is -0.477. The zero-order chi connectivity index (χ0) is 14.1. The fourth-order valence-electron chi connectivity index (χ4n) is 1.72. The molecule has 19 heavy (non-hydrogen) atoms. The van der Waals surface area contributed by atoms with E-state index in [9.17, 15) is 5.11 Å². The average molecular weight is 283 g/mol. The molecule has 0 radical (unpaired) electrons. The van der Waals surface area contributed by atoms with Gasteiger partial charge in [-0.1, -0.05) is 19.1 Å². The fourth-order valence-corrected chi connectivity index (χ4v) is 2.34. The number of aryl methyl sites for hydroxylation is 1. The number of aliphatic hydroxyl groups excluding tert-OH is 1. The lowest BCUT2D eigenvalue weighted by Gasteiger charge is -2.17. The van der Waals surface area contributed by atoms with Gasteiger partial charge in [0.2, 0.25) is 0 Å². The summed E-state index contributed by atoms with van der Waals surface area (Å²) in [4.78, 5) is 0. The molecular formula is C15H25NO2S.